The van der Waals surface area contributed by atoms with Crippen molar-refractivity contribution in [1.82, 2.24) is 0 Å². The smallest absolute Gasteiger partial charge is 0.268 e. The summed E-state index contributed by atoms with van der Waals surface area (Å²) in [5.74, 6) is -2.99. The number of aliphatic hydroxyl groups excluding tert-OH is 4. The van der Waals surface area contributed by atoms with Crippen molar-refractivity contribution in [2.24, 2.45) is 23.7 Å². The van der Waals surface area contributed by atoms with Crippen molar-refractivity contribution in [3.05, 3.63) is 0 Å². The number of ether oxygens (including phenoxy) is 12. The maximum atomic E-state index is 12.3. The van der Waals surface area contributed by atoms with Gasteiger partial charge in [-0.15, -0.1) is 0 Å². The Labute approximate surface area is 685 Å². The SMILES string of the molecule is [B][C@H]1CC(O)[C@@H](COC(C)C)O1.[B][C@H]1CC(OC(C)C)[C@@H](CO)O1.[B][C@H]1CC(OC(C)C)[C@@H](COP(=O)([O-])OC2C[C@H]([B])C(O)[C@@H]2COC(C)C)O1.[B][C@H]1CC(OC(C)C)[C@H]2COP(=O)([O-])OC21.[B][C@H]1CC(OP(=O)([O-])OC[C@@H]2C(OC(C)C)C[C@H]([B])C2O)[C@@H](COC(C)C)O1.[B][C@H]1CC2OP(=O)([O-])OC1[C@@H]2COC(C)C.[OH-].[OH-]. The molecule has 34 nitrogen and oxygen atoms in total. The van der Waals surface area contributed by atoms with Gasteiger partial charge in [0, 0.05) is 47.7 Å². The van der Waals surface area contributed by atoms with Crippen molar-refractivity contribution < 1.29 is 162 Å². The van der Waals surface area contributed by atoms with E-state index in [-0.39, 0.29) is 184 Å². The lowest BCUT2D eigenvalue weighted by Crippen LogP contribution is -2.38. The molecule has 6 heterocycles. The molecule has 32 atom stereocenters. The van der Waals surface area contributed by atoms with Gasteiger partial charge >= 0.3 is 0 Å². The van der Waals surface area contributed by atoms with Crippen molar-refractivity contribution in [3.63, 3.8) is 0 Å². The molecule has 16 unspecified atom stereocenters. The minimum absolute atomic E-state index is 0. The topological polar surface area (TPSA) is 486 Å². The number of hydrogen-bond donors (Lipinski definition) is 4. The third-order valence-electron chi connectivity index (χ3n) is 19.3. The van der Waals surface area contributed by atoms with Crippen LogP contribution in [0.2, 0.25) is 23.3 Å². The third-order valence-corrected chi connectivity index (χ3v) is 23.2. The number of rotatable bonds is 31. The van der Waals surface area contributed by atoms with Crippen molar-refractivity contribution >= 4 is 94.1 Å². The summed E-state index contributed by atoms with van der Waals surface area (Å²) in [5.41, 5.74) is 0. The van der Waals surface area contributed by atoms with E-state index in [2.05, 4.69) is 4.52 Å². The van der Waals surface area contributed by atoms with Gasteiger partial charge in [0.25, 0.3) is 31.3 Å². The molecule has 10 rings (SSSR count). The van der Waals surface area contributed by atoms with Crippen molar-refractivity contribution in [2.45, 2.75) is 356 Å². The molecule has 10 aliphatic rings. The molecule has 648 valence electrons. The summed E-state index contributed by atoms with van der Waals surface area (Å²) in [6.07, 6.45) is -4.10. The molecule has 114 heavy (non-hydrogen) atoms. The van der Waals surface area contributed by atoms with Gasteiger partial charge in [-0.1, -0.05) is 0 Å². The average molecular weight is 1690 g/mol. The second kappa shape index (κ2) is 50.4. The Morgan fingerprint density at radius 3 is 1.25 bits per heavy atom. The maximum absolute atomic E-state index is 12.3. The molecule has 0 aromatic rings. The summed E-state index contributed by atoms with van der Waals surface area (Å²) in [4.78, 5) is 47.1. The van der Waals surface area contributed by atoms with Crippen molar-refractivity contribution in [1.29, 1.82) is 0 Å². The Morgan fingerprint density at radius 2 is 0.772 bits per heavy atom. The van der Waals surface area contributed by atoms with Crippen LogP contribution in [0, 0.1) is 23.7 Å². The molecule has 6 N–H and O–H groups in total. The molecule has 0 aromatic carbocycles. The van der Waals surface area contributed by atoms with Gasteiger partial charge in [-0.25, -0.2) is 0 Å². The maximum Gasteiger partial charge on any atom is 0.268 e. The van der Waals surface area contributed by atoms with Gasteiger partial charge in [0.2, 0.25) is 0 Å². The van der Waals surface area contributed by atoms with Crippen LogP contribution in [-0.2, 0) is 111 Å². The highest BCUT2D eigenvalue weighted by Crippen LogP contribution is 2.58. The van der Waals surface area contributed by atoms with Crippen LogP contribution in [0.15, 0.2) is 0 Å². The van der Waals surface area contributed by atoms with Gasteiger partial charge in [-0.3, -0.25) is 18.3 Å². The summed E-state index contributed by atoms with van der Waals surface area (Å²) in [7, 11) is 28.4. The van der Waals surface area contributed by atoms with Crippen LogP contribution >= 0.6 is 31.3 Å². The summed E-state index contributed by atoms with van der Waals surface area (Å²) in [5, 5.41) is 38.8. The van der Waals surface area contributed by atoms with Crippen LogP contribution in [0.3, 0.4) is 0 Å². The largest absolute Gasteiger partial charge is 0.870 e. The van der Waals surface area contributed by atoms with Gasteiger partial charge < -0.3 is 144 Å². The van der Waals surface area contributed by atoms with Crippen LogP contribution in [0.4, 0.5) is 0 Å². The highest BCUT2D eigenvalue weighted by molar-refractivity contribution is 7.46. The first-order valence-electron chi connectivity index (χ1n) is 39.0. The van der Waals surface area contributed by atoms with E-state index in [0.717, 1.165) is 0 Å². The molecular formula is C68H122B8O34P4-6. The number of hydrogen-bond acceptors (Lipinski definition) is 34. The van der Waals surface area contributed by atoms with Crippen molar-refractivity contribution in [3.8, 4) is 0 Å². The van der Waals surface area contributed by atoms with Gasteiger partial charge in [-0.05, 0) is 185 Å². The molecule has 2 bridgehead atoms. The molecule has 46 heteroatoms. The summed E-state index contributed by atoms with van der Waals surface area (Å²) >= 11 is 0. The summed E-state index contributed by atoms with van der Waals surface area (Å²) < 4.78 is 153. The minimum atomic E-state index is -4.66. The van der Waals surface area contributed by atoms with Gasteiger partial charge in [0.15, 0.2) is 0 Å². The zero-order chi connectivity index (χ0) is 84.2. The molecule has 6 aliphatic heterocycles. The van der Waals surface area contributed by atoms with E-state index in [1.807, 2.05) is 111 Å². The van der Waals surface area contributed by atoms with Crippen LogP contribution in [0.1, 0.15) is 162 Å². The fraction of sp³-hybridized carbons (Fsp3) is 1.00. The van der Waals surface area contributed by atoms with E-state index in [1.54, 1.807) is 0 Å². The van der Waals surface area contributed by atoms with Crippen LogP contribution in [0.5, 0.6) is 0 Å². The first-order valence-corrected chi connectivity index (χ1v) is 44.8. The molecule has 4 saturated carbocycles. The average Bonchev–Trinajstić information content (AvgIpc) is 1.62. The molecule has 16 radical (unpaired) electrons. The number of fused-ring (bicyclic) bond motifs is 3. The van der Waals surface area contributed by atoms with Crippen LogP contribution in [-0.4, -0.2) is 318 Å². The fourth-order valence-corrected chi connectivity index (χ4v) is 18.3. The Bertz CT molecular complexity index is 2880. The molecule has 4 aliphatic carbocycles. The number of phosphoric acid groups is 4. The normalized spacial score (nSPS) is 39.9. The summed E-state index contributed by atoms with van der Waals surface area (Å²) in [6.45, 7) is 31.1. The summed E-state index contributed by atoms with van der Waals surface area (Å²) in [6, 6.07) is -1.79. The quantitative estimate of drug-likeness (QED) is 0.0572. The Kier molecular flexibility index (Phi) is 47.9. The zero-order valence-electron chi connectivity index (χ0n) is 68.6. The van der Waals surface area contributed by atoms with Crippen LogP contribution < -0.4 is 19.6 Å². The van der Waals surface area contributed by atoms with E-state index in [9.17, 15) is 53.2 Å². The molecule has 0 aromatic heterocycles. The highest BCUT2D eigenvalue weighted by atomic mass is 31.2. The monoisotopic (exact) mass is 1690 g/mol. The highest BCUT2D eigenvalue weighted by Gasteiger charge is 2.51. The number of aliphatic hydroxyl groups is 4. The minimum Gasteiger partial charge on any atom is -0.870 e. The Hall–Kier alpha value is 0.239. The van der Waals surface area contributed by atoms with Crippen LogP contribution in [0.25, 0.3) is 0 Å². The lowest BCUT2D eigenvalue weighted by molar-refractivity contribution is -0.247. The lowest BCUT2D eigenvalue weighted by atomic mass is 9.83. The van der Waals surface area contributed by atoms with Gasteiger partial charge in [0.1, 0.15) is 55.8 Å². The molecule has 6 saturated heterocycles. The van der Waals surface area contributed by atoms with E-state index < -0.39 is 128 Å². The van der Waals surface area contributed by atoms with E-state index in [1.165, 1.54) is 0 Å². The predicted molar refractivity (Wildman–Crippen MR) is 413 cm³/mol. The molecule has 0 amide bonds. The molecular weight excluding hydrogens is 1570 g/mol. The Morgan fingerprint density at radius 1 is 0.404 bits per heavy atom. The zero-order valence-corrected chi connectivity index (χ0v) is 72.2. The third kappa shape index (κ3) is 37.2. The first kappa shape index (κ1) is 108. The van der Waals surface area contributed by atoms with E-state index in [4.69, 9.17) is 156 Å². The molecule has 10 fully saturated rings. The second-order valence-corrected chi connectivity index (χ2v) is 37.4. The first-order chi connectivity index (χ1) is 52.0. The number of phosphoric ester groups is 4. The Balaban J connectivity index is 0.000000364. The predicted octanol–water partition coefficient (Wildman–Crippen LogP) is 2.43. The van der Waals surface area contributed by atoms with E-state index >= 15 is 0 Å². The molecule has 0 spiro atoms. The van der Waals surface area contributed by atoms with Gasteiger partial charge in [0.05, 0.1) is 206 Å². The van der Waals surface area contributed by atoms with E-state index in [0.29, 0.717) is 51.7 Å². The second-order valence-electron chi connectivity index (χ2n) is 31.9. The fourth-order valence-electron chi connectivity index (χ4n) is 14.2. The van der Waals surface area contributed by atoms with Crippen molar-refractivity contribution in [2.75, 3.05) is 52.9 Å². The standard InChI is InChI=1S/2C17H31B2O8P.2C9H16BO5P.2C8H15BO3.2H2O/c1-9(2)23-8-15-14(6-16(19)26-15)27-28(21,22)24-7-11-13(25-10(3)4)5-12(18)17(11)20;1-9(2)23-7-11-13(5-12(18)17(11)20)27-28(21,22)24-8-15-14(25-10(3)4)6-16(19)26-15;1-5(2)14-8-3-7(10)9-6(8)4-13-16(11,12)15-9;1-5(2)13-4-6-8-3-7(10)9(6)15-16(11,12)14-8;1-5(2)11-4-7-6(10)3-8(9)12-7;1-5(2)11-6-3-8(9)12-7(6)4-10;;/h2*9-17,20H,5-8H2,1-4H3,(H,21,22);2*5-9H,3-4H2,1-2H3,(H,11,12);2*5-8,10H,3-4H2,1-2H3;2*1H2/p-6/t2*11-,12+,13?,14?,15-,16-,17?;2*6-,7+,8?,9?;2*6?,7-,8-;;/m111111../s1. The van der Waals surface area contributed by atoms with Gasteiger partial charge in [-0.2, -0.15) is 0 Å². The lowest BCUT2D eigenvalue weighted by Gasteiger charge is -2.38.